The van der Waals surface area contributed by atoms with Crippen LogP contribution in [-0.4, -0.2) is 11.9 Å². The molecule has 4 nitrogen and oxygen atoms in total. The summed E-state index contributed by atoms with van der Waals surface area (Å²) in [4.78, 5) is 33.4. The van der Waals surface area contributed by atoms with Crippen molar-refractivity contribution in [3.05, 3.63) is 82.6 Å². The van der Waals surface area contributed by atoms with Crippen LogP contribution in [0.15, 0.2) is 71.4 Å². The minimum Gasteiger partial charge on any atom is -0.550 e. The summed E-state index contributed by atoms with van der Waals surface area (Å²) in [6.07, 6.45) is -0.250. The Balaban J connectivity index is 0.00000185. The molecule has 0 radical (unpaired) electrons. The van der Waals surface area contributed by atoms with Gasteiger partial charge in [0.1, 0.15) is 0 Å². The second kappa shape index (κ2) is 14.1. The minimum atomic E-state index is -1.09. The molecule has 0 atom stereocenters. The molecule has 0 aliphatic rings. The van der Waals surface area contributed by atoms with Crippen LogP contribution in [0.4, 0.5) is 0 Å². The van der Waals surface area contributed by atoms with Crippen molar-refractivity contribution >= 4 is 80.0 Å². The molecular formula is C28H16Na2O4S6. The Morgan fingerprint density at radius 2 is 0.925 bits per heavy atom. The van der Waals surface area contributed by atoms with Gasteiger partial charge >= 0.3 is 59.1 Å². The van der Waals surface area contributed by atoms with Gasteiger partial charge < -0.3 is 19.8 Å². The minimum absolute atomic E-state index is 0. The van der Waals surface area contributed by atoms with Gasteiger partial charge in [0.05, 0.1) is 0 Å². The van der Waals surface area contributed by atoms with Crippen molar-refractivity contribution in [2.24, 2.45) is 0 Å². The van der Waals surface area contributed by atoms with Crippen LogP contribution >= 0.6 is 68.0 Å². The molecule has 0 aliphatic carbocycles. The first-order valence-corrected chi connectivity index (χ1v) is 16.4. The van der Waals surface area contributed by atoms with Crippen molar-refractivity contribution in [3.63, 3.8) is 0 Å². The predicted octanol–water partition coefficient (Wildman–Crippen LogP) is 0.983. The Hall–Kier alpha value is -0.860. The van der Waals surface area contributed by atoms with Gasteiger partial charge in [0, 0.05) is 73.6 Å². The second-order valence-electron chi connectivity index (χ2n) is 8.31. The third kappa shape index (κ3) is 7.02. The quantitative estimate of drug-likeness (QED) is 0.218. The van der Waals surface area contributed by atoms with E-state index in [0.717, 1.165) is 59.9 Å². The molecular weight excluding hydrogens is 639 g/mol. The number of thiophene rings is 6. The standard InChI is InChI=1S/C28H18O4S6.2Na/c29-25(30)13-15-11-23(17-3-1-9-33-17)37-27(15)21-7-5-19(35-21)20-6-8-22(36-20)28-16(14-26(31)32)12-24(38-28)18-4-2-10-34-18;;/h1-12H,13-14H2,(H,29,30)(H,31,32);;/q;2*+1/p-2. The number of rotatable bonds is 9. The van der Waals surface area contributed by atoms with E-state index in [1.54, 1.807) is 68.0 Å². The Morgan fingerprint density at radius 1 is 0.525 bits per heavy atom. The van der Waals surface area contributed by atoms with Crippen molar-refractivity contribution in [2.45, 2.75) is 12.8 Å². The molecule has 0 aliphatic heterocycles. The number of hydrogen-bond donors (Lipinski definition) is 0. The number of carbonyl (C=O) groups is 2. The van der Waals surface area contributed by atoms with Crippen LogP contribution in [0.1, 0.15) is 11.1 Å². The zero-order valence-corrected chi connectivity index (χ0v) is 30.3. The van der Waals surface area contributed by atoms with E-state index in [1.807, 2.05) is 59.3 Å². The van der Waals surface area contributed by atoms with Gasteiger partial charge in [-0.05, 0) is 70.4 Å². The fraction of sp³-hybridized carbons (Fsp3) is 0.0714. The van der Waals surface area contributed by atoms with E-state index in [9.17, 15) is 19.8 Å². The van der Waals surface area contributed by atoms with Gasteiger partial charge in [-0.15, -0.1) is 68.0 Å². The third-order valence-corrected chi connectivity index (χ3v) is 12.9. The fourth-order valence-electron chi connectivity index (χ4n) is 4.11. The number of aliphatic carboxylic acids is 2. The van der Waals surface area contributed by atoms with Crippen molar-refractivity contribution in [2.75, 3.05) is 0 Å². The average molecular weight is 655 g/mol. The third-order valence-electron chi connectivity index (χ3n) is 5.72. The Morgan fingerprint density at radius 3 is 1.27 bits per heavy atom. The Kier molecular flexibility index (Phi) is 11.3. The average Bonchev–Trinajstić information content (AvgIpc) is 3.69. The molecule has 6 heterocycles. The molecule has 0 N–H and O–H groups in total. The molecule has 0 fully saturated rings. The Labute approximate surface area is 299 Å². The molecule has 0 unspecified atom stereocenters. The SMILES string of the molecule is O=C([O-])Cc1cc(-c2cccs2)sc1-c1ccc(-c2ccc(-c3sc(-c4cccs4)cc3CC(=O)[O-])s2)s1.[Na+].[Na+]. The van der Waals surface area contributed by atoms with Crippen LogP contribution in [-0.2, 0) is 22.4 Å². The normalized spacial score (nSPS) is 10.7. The van der Waals surface area contributed by atoms with E-state index in [-0.39, 0.29) is 72.0 Å². The molecule has 0 spiro atoms. The van der Waals surface area contributed by atoms with E-state index in [4.69, 9.17) is 0 Å². The molecule has 40 heavy (non-hydrogen) atoms. The van der Waals surface area contributed by atoms with Crippen LogP contribution < -0.4 is 69.3 Å². The number of carboxylic acid groups (broad SMARTS) is 2. The summed E-state index contributed by atoms with van der Waals surface area (Å²) in [5.41, 5.74) is 1.54. The second-order valence-corrected chi connectivity index (χ2v) is 14.5. The van der Waals surface area contributed by atoms with Crippen molar-refractivity contribution in [1.29, 1.82) is 0 Å². The van der Waals surface area contributed by atoms with Gasteiger partial charge in [-0.25, -0.2) is 0 Å². The molecule has 6 aromatic rings. The first-order valence-electron chi connectivity index (χ1n) is 11.4. The van der Waals surface area contributed by atoms with Crippen LogP contribution in [0.3, 0.4) is 0 Å². The predicted molar refractivity (Wildman–Crippen MR) is 158 cm³/mol. The molecule has 6 rings (SSSR count). The van der Waals surface area contributed by atoms with Crippen LogP contribution in [0.5, 0.6) is 0 Å². The zero-order valence-electron chi connectivity index (χ0n) is 21.4. The molecule has 190 valence electrons. The first-order chi connectivity index (χ1) is 18.4. The summed E-state index contributed by atoms with van der Waals surface area (Å²) in [7, 11) is 0. The molecule has 12 heteroatoms. The van der Waals surface area contributed by atoms with Crippen LogP contribution in [0, 0.1) is 0 Å². The molecule has 0 bridgehead atoms. The van der Waals surface area contributed by atoms with Gasteiger partial charge in [-0.2, -0.15) is 0 Å². The van der Waals surface area contributed by atoms with Gasteiger partial charge in [-0.1, -0.05) is 12.1 Å². The van der Waals surface area contributed by atoms with E-state index in [1.165, 1.54) is 0 Å². The monoisotopic (exact) mass is 654 g/mol. The van der Waals surface area contributed by atoms with Gasteiger partial charge in [0.25, 0.3) is 0 Å². The molecule has 6 aromatic heterocycles. The van der Waals surface area contributed by atoms with E-state index in [0.29, 0.717) is 0 Å². The van der Waals surface area contributed by atoms with E-state index >= 15 is 0 Å². The van der Waals surface area contributed by atoms with Crippen molar-refractivity contribution in [1.82, 2.24) is 0 Å². The summed E-state index contributed by atoms with van der Waals surface area (Å²) in [5, 5.41) is 26.9. The molecule has 0 saturated carbocycles. The smallest absolute Gasteiger partial charge is 0.550 e. The van der Waals surface area contributed by atoms with E-state index < -0.39 is 11.9 Å². The fourth-order valence-corrected chi connectivity index (χ4v) is 10.5. The Bertz CT molecular complexity index is 1610. The van der Waals surface area contributed by atoms with Crippen molar-refractivity contribution in [3.8, 4) is 48.8 Å². The molecule has 0 amide bonds. The van der Waals surface area contributed by atoms with Crippen molar-refractivity contribution < 1.29 is 78.9 Å². The number of carboxylic acids is 2. The van der Waals surface area contributed by atoms with E-state index in [2.05, 4.69) is 12.1 Å². The van der Waals surface area contributed by atoms with Crippen LogP contribution in [0.25, 0.3) is 48.8 Å². The van der Waals surface area contributed by atoms with Gasteiger partial charge in [0.2, 0.25) is 0 Å². The van der Waals surface area contributed by atoms with Gasteiger partial charge in [-0.3, -0.25) is 0 Å². The first kappa shape index (κ1) is 32.1. The maximum Gasteiger partial charge on any atom is 1.00 e. The summed E-state index contributed by atoms with van der Waals surface area (Å²) in [6.45, 7) is 0. The van der Waals surface area contributed by atoms with Gasteiger partial charge in [0.15, 0.2) is 0 Å². The number of hydrogen-bond acceptors (Lipinski definition) is 10. The maximum absolute atomic E-state index is 11.4. The largest absolute Gasteiger partial charge is 1.00 e. The summed E-state index contributed by atoms with van der Waals surface area (Å²) in [5.74, 6) is -2.18. The summed E-state index contributed by atoms with van der Waals surface area (Å²) < 4.78 is 0. The number of carbonyl (C=O) groups excluding carboxylic acids is 2. The molecule has 0 saturated heterocycles. The summed E-state index contributed by atoms with van der Waals surface area (Å²) in [6, 6.07) is 20.2. The van der Waals surface area contributed by atoms with Crippen LogP contribution in [0.2, 0.25) is 0 Å². The topological polar surface area (TPSA) is 80.3 Å². The summed E-state index contributed by atoms with van der Waals surface area (Å²) >= 11 is 9.74. The zero-order chi connectivity index (χ0) is 26.2. The maximum atomic E-state index is 11.4. The molecule has 0 aromatic carbocycles.